The molecule has 11 nitrogen and oxygen atoms in total. The Morgan fingerprint density at radius 2 is 2.03 bits per heavy atom. The lowest BCUT2D eigenvalue weighted by Crippen LogP contribution is -2.57. The Labute approximate surface area is 217 Å². The van der Waals surface area contributed by atoms with Crippen LogP contribution in [0.1, 0.15) is 31.7 Å². The fourth-order valence-electron chi connectivity index (χ4n) is 4.99. The Bertz CT molecular complexity index is 1240. The van der Waals surface area contributed by atoms with Crippen molar-refractivity contribution in [1.29, 1.82) is 0 Å². The lowest BCUT2D eigenvalue weighted by atomic mass is 9.82. The standard InChI is InChI=1S/C26H36N8O3/c1-17-8-9-19-23(29-17)25(2,3)16-33(19)22-10-12-28-24(31-22)30-18-14-21(34(35)36)26(27-4,11-13-32(5)6)15-20(18)37-7/h8-10,12,14-15,21,27H,11,13,16H2,1-7H3,(H,28,30,31). The second kappa shape index (κ2) is 10.1. The van der Waals surface area contributed by atoms with Gasteiger partial charge in [0.05, 0.1) is 24.2 Å². The minimum Gasteiger partial charge on any atom is -0.495 e. The zero-order chi connectivity index (χ0) is 27.0. The molecule has 0 amide bonds. The number of fused-ring (bicyclic) bond motifs is 1. The quantitative estimate of drug-likeness (QED) is 0.386. The van der Waals surface area contributed by atoms with Gasteiger partial charge < -0.3 is 25.2 Å². The topological polar surface area (TPSA) is 122 Å². The Morgan fingerprint density at radius 1 is 1.27 bits per heavy atom. The van der Waals surface area contributed by atoms with E-state index in [1.54, 1.807) is 32.5 Å². The molecule has 11 heteroatoms. The number of anilines is 3. The smallest absolute Gasteiger partial charge is 0.255 e. The van der Waals surface area contributed by atoms with Crippen LogP contribution in [-0.4, -0.2) is 77.7 Å². The van der Waals surface area contributed by atoms with Crippen molar-refractivity contribution in [2.45, 2.75) is 44.2 Å². The van der Waals surface area contributed by atoms with E-state index in [1.807, 2.05) is 38.1 Å². The number of hydrogen-bond acceptors (Lipinski definition) is 10. The highest BCUT2D eigenvalue weighted by Gasteiger charge is 2.47. The Kier molecular flexibility index (Phi) is 7.20. The summed E-state index contributed by atoms with van der Waals surface area (Å²) in [5, 5.41) is 18.5. The maximum Gasteiger partial charge on any atom is 0.255 e. The molecule has 0 spiro atoms. The molecule has 37 heavy (non-hydrogen) atoms. The molecule has 0 fully saturated rings. The number of nitro groups is 1. The molecule has 0 aromatic carbocycles. The van der Waals surface area contributed by atoms with Crippen LogP contribution in [0, 0.1) is 17.0 Å². The van der Waals surface area contributed by atoms with Gasteiger partial charge in [-0.05, 0) is 65.3 Å². The molecule has 2 aromatic rings. The summed E-state index contributed by atoms with van der Waals surface area (Å²) in [4.78, 5) is 29.9. The molecule has 198 valence electrons. The van der Waals surface area contributed by atoms with Gasteiger partial charge in [-0.15, -0.1) is 0 Å². The molecule has 4 rings (SSSR count). The van der Waals surface area contributed by atoms with Gasteiger partial charge in [0, 0.05) is 34.8 Å². The lowest BCUT2D eigenvalue weighted by Gasteiger charge is -2.36. The third-order valence-electron chi connectivity index (χ3n) is 7.05. The molecule has 3 heterocycles. The van der Waals surface area contributed by atoms with Crippen LogP contribution >= 0.6 is 0 Å². The number of ether oxygens (including phenoxy) is 1. The number of pyridine rings is 1. The highest BCUT2D eigenvalue weighted by Crippen LogP contribution is 2.42. The molecule has 2 atom stereocenters. The van der Waals surface area contributed by atoms with Crippen LogP contribution in [0.15, 0.2) is 48.0 Å². The fraction of sp³-hybridized carbons (Fsp3) is 0.500. The number of aromatic nitrogens is 3. The van der Waals surface area contributed by atoms with E-state index in [4.69, 9.17) is 14.7 Å². The first-order chi connectivity index (χ1) is 17.5. The molecule has 2 aliphatic rings. The van der Waals surface area contributed by atoms with Crippen molar-refractivity contribution in [2.24, 2.45) is 0 Å². The molecule has 2 N–H and O–H groups in total. The van der Waals surface area contributed by atoms with Crippen molar-refractivity contribution < 1.29 is 9.66 Å². The predicted molar refractivity (Wildman–Crippen MR) is 144 cm³/mol. The number of nitrogens with one attached hydrogen (secondary N) is 2. The maximum atomic E-state index is 12.2. The van der Waals surface area contributed by atoms with E-state index in [-0.39, 0.29) is 10.3 Å². The lowest BCUT2D eigenvalue weighted by molar-refractivity contribution is -0.519. The van der Waals surface area contributed by atoms with Crippen molar-refractivity contribution >= 4 is 17.5 Å². The summed E-state index contributed by atoms with van der Waals surface area (Å²) >= 11 is 0. The van der Waals surface area contributed by atoms with Crippen LogP contribution in [0.2, 0.25) is 0 Å². The monoisotopic (exact) mass is 508 g/mol. The van der Waals surface area contributed by atoms with Crippen molar-refractivity contribution in [3.8, 4) is 0 Å². The highest BCUT2D eigenvalue weighted by molar-refractivity contribution is 5.69. The van der Waals surface area contributed by atoms with Gasteiger partial charge in [0.2, 0.25) is 5.95 Å². The summed E-state index contributed by atoms with van der Waals surface area (Å²) in [6.45, 7) is 7.72. The van der Waals surface area contributed by atoms with Gasteiger partial charge >= 0.3 is 0 Å². The average molecular weight is 509 g/mol. The molecule has 0 bridgehead atoms. The molecular weight excluding hydrogens is 472 g/mol. The first-order valence-electron chi connectivity index (χ1n) is 12.3. The van der Waals surface area contributed by atoms with E-state index >= 15 is 0 Å². The average Bonchev–Trinajstić information content (AvgIpc) is 3.13. The second-order valence-corrected chi connectivity index (χ2v) is 10.5. The third kappa shape index (κ3) is 5.14. The molecule has 0 radical (unpaired) electrons. The van der Waals surface area contributed by atoms with Crippen LogP contribution in [0.3, 0.4) is 0 Å². The van der Waals surface area contributed by atoms with Crippen LogP contribution in [0.5, 0.6) is 0 Å². The Morgan fingerprint density at radius 3 is 2.68 bits per heavy atom. The van der Waals surface area contributed by atoms with Gasteiger partial charge in [-0.1, -0.05) is 13.8 Å². The Hall–Kier alpha value is -3.57. The van der Waals surface area contributed by atoms with E-state index in [1.165, 1.54) is 0 Å². The minimum absolute atomic E-state index is 0.139. The number of nitrogens with zero attached hydrogens (tertiary/aromatic N) is 6. The van der Waals surface area contributed by atoms with E-state index in [0.717, 1.165) is 29.4 Å². The first kappa shape index (κ1) is 26.5. The summed E-state index contributed by atoms with van der Waals surface area (Å²) in [7, 11) is 7.17. The van der Waals surface area contributed by atoms with Crippen LogP contribution in [0.4, 0.5) is 17.5 Å². The summed E-state index contributed by atoms with van der Waals surface area (Å²) in [6.07, 6.45) is 5.59. The molecule has 2 aromatic heterocycles. The third-order valence-corrected chi connectivity index (χ3v) is 7.05. The zero-order valence-corrected chi connectivity index (χ0v) is 22.6. The van der Waals surface area contributed by atoms with E-state index in [2.05, 4.69) is 40.4 Å². The van der Waals surface area contributed by atoms with Gasteiger partial charge in [0.25, 0.3) is 6.04 Å². The largest absolute Gasteiger partial charge is 0.495 e. The second-order valence-electron chi connectivity index (χ2n) is 10.5. The summed E-state index contributed by atoms with van der Waals surface area (Å²) in [5.41, 5.74) is 2.45. The molecule has 2 unspecified atom stereocenters. The van der Waals surface area contributed by atoms with Gasteiger partial charge in [-0.3, -0.25) is 15.1 Å². The number of hydrogen-bond donors (Lipinski definition) is 2. The number of likely N-dealkylation sites (N-methyl/N-ethyl adjacent to an activating group) is 1. The predicted octanol–water partition coefficient (Wildman–Crippen LogP) is 3.00. The molecule has 0 saturated heterocycles. The number of aryl methyl sites for hydroxylation is 1. The van der Waals surface area contributed by atoms with Crippen molar-refractivity contribution in [3.63, 3.8) is 0 Å². The van der Waals surface area contributed by atoms with Crippen molar-refractivity contribution in [3.05, 3.63) is 69.5 Å². The van der Waals surface area contributed by atoms with E-state index in [0.29, 0.717) is 30.4 Å². The van der Waals surface area contributed by atoms with Crippen molar-refractivity contribution in [1.82, 2.24) is 25.2 Å². The normalized spacial score (nSPS) is 22.4. The van der Waals surface area contributed by atoms with E-state index in [9.17, 15) is 10.1 Å². The van der Waals surface area contributed by atoms with Gasteiger partial charge in [0.1, 0.15) is 17.1 Å². The molecule has 1 aliphatic carbocycles. The van der Waals surface area contributed by atoms with Gasteiger partial charge in [-0.2, -0.15) is 4.98 Å². The fourth-order valence-corrected chi connectivity index (χ4v) is 4.99. The van der Waals surface area contributed by atoms with Gasteiger partial charge in [0.15, 0.2) is 0 Å². The van der Waals surface area contributed by atoms with Crippen LogP contribution in [0.25, 0.3) is 0 Å². The summed E-state index contributed by atoms with van der Waals surface area (Å²) in [5.74, 6) is 1.54. The maximum absolute atomic E-state index is 12.2. The van der Waals surface area contributed by atoms with Crippen molar-refractivity contribution in [2.75, 3.05) is 51.6 Å². The van der Waals surface area contributed by atoms with E-state index < -0.39 is 11.6 Å². The summed E-state index contributed by atoms with van der Waals surface area (Å²) < 4.78 is 5.66. The molecule has 1 aliphatic heterocycles. The summed E-state index contributed by atoms with van der Waals surface area (Å²) in [6, 6.07) is 4.91. The minimum atomic E-state index is -1.01. The van der Waals surface area contributed by atoms with Crippen LogP contribution in [-0.2, 0) is 10.2 Å². The number of methoxy groups -OCH3 is 1. The molecule has 0 saturated carbocycles. The molecular formula is C26H36N8O3. The SMILES string of the molecule is CNC1(CCN(C)C)C=C(OC)C(Nc2nccc(N3CC(C)(C)c4nc(C)ccc43)n2)=CC1[N+](=O)[O-]. The van der Waals surface area contributed by atoms with Crippen LogP contribution < -0.4 is 15.5 Å². The first-order valence-corrected chi connectivity index (χ1v) is 12.3. The highest BCUT2D eigenvalue weighted by atomic mass is 16.6. The number of rotatable bonds is 9. The zero-order valence-electron chi connectivity index (χ0n) is 22.6. The Balaban J connectivity index is 1.65. The van der Waals surface area contributed by atoms with Gasteiger partial charge in [-0.25, -0.2) is 4.98 Å².